The van der Waals surface area contributed by atoms with E-state index < -0.39 is 0 Å². The van der Waals surface area contributed by atoms with E-state index in [1.54, 1.807) is 0 Å². The Bertz CT molecular complexity index is 107. The molecule has 1 N–H and O–H groups in total. The molecule has 0 aromatic carbocycles. The number of aliphatic hydroxyl groups is 1. The molecule has 0 atom stereocenters. The molecule has 0 heterocycles. The number of aliphatic hydroxyl groups excluding tert-OH is 1. The summed E-state index contributed by atoms with van der Waals surface area (Å²) in [6.45, 7) is 9.66. The molecule has 0 amide bonds. The second-order valence-corrected chi connectivity index (χ2v) is 2.51. The van der Waals surface area contributed by atoms with Gasteiger partial charge in [-0.05, 0) is 6.92 Å². The van der Waals surface area contributed by atoms with Gasteiger partial charge in [-0.1, -0.05) is 6.08 Å². The van der Waals surface area contributed by atoms with Crippen molar-refractivity contribution < 1.29 is 9.84 Å². The second-order valence-electron chi connectivity index (χ2n) is 2.51. The Labute approximate surface area is 74.6 Å². The van der Waals surface area contributed by atoms with E-state index in [4.69, 9.17) is 9.84 Å². The summed E-state index contributed by atoms with van der Waals surface area (Å²) in [4.78, 5) is 2.10. The van der Waals surface area contributed by atoms with Gasteiger partial charge in [0.05, 0.1) is 13.2 Å². The Kier molecular flexibility index (Phi) is 8.44. The Morgan fingerprint density at radius 1 is 1.50 bits per heavy atom. The van der Waals surface area contributed by atoms with Crippen LogP contribution in [0, 0.1) is 0 Å². The smallest absolute Gasteiger partial charge is 0.0593 e. The van der Waals surface area contributed by atoms with Crippen LogP contribution < -0.4 is 0 Å². The van der Waals surface area contributed by atoms with Gasteiger partial charge in [0.15, 0.2) is 0 Å². The molecule has 0 aromatic heterocycles. The van der Waals surface area contributed by atoms with Crippen molar-refractivity contribution in [2.45, 2.75) is 6.92 Å². The number of hydrogen-bond donors (Lipinski definition) is 1. The largest absolute Gasteiger partial charge is 0.395 e. The van der Waals surface area contributed by atoms with E-state index in [0.717, 1.165) is 26.3 Å². The molecule has 0 radical (unpaired) electrons. The van der Waals surface area contributed by atoms with E-state index in [2.05, 4.69) is 11.5 Å². The SMILES string of the molecule is C=CCN(CCO)CCOCC. The summed E-state index contributed by atoms with van der Waals surface area (Å²) < 4.78 is 5.20. The summed E-state index contributed by atoms with van der Waals surface area (Å²) in [6, 6.07) is 0. The predicted molar refractivity (Wildman–Crippen MR) is 50.2 cm³/mol. The molecule has 0 aliphatic rings. The third-order valence-electron chi connectivity index (χ3n) is 1.56. The summed E-state index contributed by atoms with van der Waals surface area (Å²) in [5.41, 5.74) is 0. The Hall–Kier alpha value is -0.380. The third-order valence-corrected chi connectivity index (χ3v) is 1.56. The van der Waals surface area contributed by atoms with E-state index in [9.17, 15) is 0 Å². The van der Waals surface area contributed by atoms with Gasteiger partial charge in [-0.25, -0.2) is 0 Å². The van der Waals surface area contributed by atoms with E-state index in [-0.39, 0.29) is 6.61 Å². The average molecular weight is 173 g/mol. The molecule has 0 spiro atoms. The van der Waals surface area contributed by atoms with E-state index in [1.165, 1.54) is 0 Å². The lowest BCUT2D eigenvalue weighted by Crippen LogP contribution is -2.30. The molecule has 0 saturated carbocycles. The zero-order valence-corrected chi connectivity index (χ0v) is 7.83. The van der Waals surface area contributed by atoms with Gasteiger partial charge in [-0.3, -0.25) is 4.90 Å². The Morgan fingerprint density at radius 2 is 2.25 bits per heavy atom. The summed E-state index contributed by atoms with van der Waals surface area (Å²) in [6.07, 6.45) is 1.83. The molecule has 0 rings (SSSR count). The Morgan fingerprint density at radius 3 is 2.75 bits per heavy atom. The first-order chi connectivity index (χ1) is 5.85. The predicted octanol–water partition coefficient (Wildman–Crippen LogP) is 0.503. The van der Waals surface area contributed by atoms with E-state index in [0.29, 0.717) is 6.54 Å². The van der Waals surface area contributed by atoms with E-state index in [1.807, 2.05) is 13.0 Å². The van der Waals surface area contributed by atoms with E-state index >= 15 is 0 Å². The topological polar surface area (TPSA) is 32.7 Å². The number of ether oxygens (including phenoxy) is 1. The molecular formula is C9H19NO2. The summed E-state index contributed by atoms with van der Waals surface area (Å²) >= 11 is 0. The molecule has 0 unspecified atom stereocenters. The van der Waals surface area contributed by atoms with Gasteiger partial charge in [0.25, 0.3) is 0 Å². The van der Waals surface area contributed by atoms with Crippen molar-refractivity contribution in [1.29, 1.82) is 0 Å². The maximum absolute atomic E-state index is 8.70. The lowest BCUT2D eigenvalue weighted by atomic mass is 10.4. The van der Waals surface area contributed by atoms with Gasteiger partial charge in [-0.15, -0.1) is 6.58 Å². The lowest BCUT2D eigenvalue weighted by Gasteiger charge is -2.18. The van der Waals surface area contributed by atoms with Crippen LogP contribution in [-0.2, 0) is 4.74 Å². The molecule has 3 heteroatoms. The van der Waals surface area contributed by atoms with Crippen LogP contribution in [0.2, 0.25) is 0 Å². The minimum Gasteiger partial charge on any atom is -0.395 e. The highest BCUT2D eigenvalue weighted by molar-refractivity contribution is 4.72. The van der Waals surface area contributed by atoms with Crippen LogP contribution in [0.5, 0.6) is 0 Å². The second kappa shape index (κ2) is 8.71. The van der Waals surface area contributed by atoms with Crippen LogP contribution in [0.25, 0.3) is 0 Å². The molecule has 0 saturated heterocycles. The zero-order valence-electron chi connectivity index (χ0n) is 7.83. The van der Waals surface area contributed by atoms with Crippen LogP contribution in [0.15, 0.2) is 12.7 Å². The van der Waals surface area contributed by atoms with Crippen LogP contribution in [0.4, 0.5) is 0 Å². The van der Waals surface area contributed by atoms with Crippen molar-refractivity contribution in [3.63, 3.8) is 0 Å². The van der Waals surface area contributed by atoms with Crippen molar-refractivity contribution in [2.24, 2.45) is 0 Å². The van der Waals surface area contributed by atoms with Crippen LogP contribution in [0.3, 0.4) is 0 Å². The zero-order chi connectivity index (χ0) is 9.23. The number of hydrogen-bond acceptors (Lipinski definition) is 3. The average Bonchev–Trinajstić information content (AvgIpc) is 2.06. The maximum atomic E-state index is 8.70. The first kappa shape index (κ1) is 11.6. The lowest BCUT2D eigenvalue weighted by molar-refractivity contribution is 0.109. The quantitative estimate of drug-likeness (QED) is 0.428. The molecule has 0 bridgehead atoms. The first-order valence-corrected chi connectivity index (χ1v) is 4.37. The van der Waals surface area contributed by atoms with Crippen LogP contribution >= 0.6 is 0 Å². The molecule has 72 valence electrons. The van der Waals surface area contributed by atoms with Gasteiger partial charge in [0.1, 0.15) is 0 Å². The van der Waals surface area contributed by atoms with Crippen molar-refractivity contribution in [2.75, 3.05) is 39.5 Å². The van der Waals surface area contributed by atoms with Crippen molar-refractivity contribution in [3.05, 3.63) is 12.7 Å². The fourth-order valence-corrected chi connectivity index (χ4v) is 0.956. The van der Waals surface area contributed by atoms with Crippen LogP contribution in [0.1, 0.15) is 6.92 Å². The molecule has 0 aliphatic carbocycles. The molecule has 0 aliphatic heterocycles. The number of nitrogens with zero attached hydrogens (tertiary/aromatic N) is 1. The maximum Gasteiger partial charge on any atom is 0.0593 e. The van der Waals surface area contributed by atoms with Gasteiger partial charge in [0.2, 0.25) is 0 Å². The highest BCUT2D eigenvalue weighted by atomic mass is 16.5. The minimum absolute atomic E-state index is 0.194. The van der Waals surface area contributed by atoms with Gasteiger partial charge < -0.3 is 9.84 Å². The summed E-state index contributed by atoms with van der Waals surface area (Å²) in [7, 11) is 0. The summed E-state index contributed by atoms with van der Waals surface area (Å²) in [5.74, 6) is 0. The fourth-order valence-electron chi connectivity index (χ4n) is 0.956. The van der Waals surface area contributed by atoms with Crippen LogP contribution in [-0.4, -0.2) is 49.5 Å². The van der Waals surface area contributed by atoms with Gasteiger partial charge >= 0.3 is 0 Å². The van der Waals surface area contributed by atoms with Crippen molar-refractivity contribution in [3.8, 4) is 0 Å². The fraction of sp³-hybridized carbons (Fsp3) is 0.778. The molecular weight excluding hydrogens is 154 g/mol. The Balaban J connectivity index is 3.40. The molecule has 0 fully saturated rings. The highest BCUT2D eigenvalue weighted by Crippen LogP contribution is 1.88. The number of rotatable bonds is 8. The minimum atomic E-state index is 0.194. The first-order valence-electron chi connectivity index (χ1n) is 4.37. The molecule has 0 aromatic rings. The third kappa shape index (κ3) is 6.34. The van der Waals surface area contributed by atoms with Crippen molar-refractivity contribution >= 4 is 0 Å². The van der Waals surface area contributed by atoms with Gasteiger partial charge in [0, 0.05) is 26.2 Å². The van der Waals surface area contributed by atoms with Gasteiger partial charge in [-0.2, -0.15) is 0 Å². The standard InChI is InChI=1S/C9H19NO2/c1-3-5-10(6-8-11)7-9-12-4-2/h3,11H,1,4-9H2,2H3. The monoisotopic (exact) mass is 173 g/mol. The normalized spacial score (nSPS) is 10.6. The highest BCUT2D eigenvalue weighted by Gasteiger charge is 2.00. The van der Waals surface area contributed by atoms with Crippen molar-refractivity contribution in [1.82, 2.24) is 4.90 Å². The molecule has 3 nitrogen and oxygen atoms in total. The molecule has 12 heavy (non-hydrogen) atoms. The summed E-state index contributed by atoms with van der Waals surface area (Å²) in [5, 5.41) is 8.70.